The highest BCUT2D eigenvalue weighted by atomic mass is 32.2. The molecule has 0 aliphatic heterocycles. The Hall–Kier alpha value is -1.68. The number of hydrogen-bond acceptors (Lipinski definition) is 4. The Morgan fingerprint density at radius 3 is 2.63 bits per heavy atom. The first-order chi connectivity index (χ1) is 9.08. The molecule has 2 rings (SSSR count). The SMILES string of the molecule is Cc1ccc(C(=O)C(C)Sc2ccncn2)cc1C. The van der Waals surface area contributed by atoms with Crippen LogP contribution in [0.5, 0.6) is 0 Å². The van der Waals surface area contributed by atoms with E-state index < -0.39 is 0 Å². The molecule has 0 amide bonds. The molecular formula is C15H16N2OS. The highest BCUT2D eigenvalue weighted by Crippen LogP contribution is 2.24. The van der Waals surface area contributed by atoms with E-state index in [0.29, 0.717) is 0 Å². The van der Waals surface area contributed by atoms with Gasteiger partial charge in [-0.05, 0) is 44.0 Å². The maximum Gasteiger partial charge on any atom is 0.175 e. The largest absolute Gasteiger partial charge is 0.293 e. The van der Waals surface area contributed by atoms with Gasteiger partial charge in [0.05, 0.1) is 5.25 Å². The number of thioether (sulfide) groups is 1. The van der Waals surface area contributed by atoms with Gasteiger partial charge < -0.3 is 0 Å². The summed E-state index contributed by atoms with van der Waals surface area (Å²) in [5.41, 5.74) is 3.11. The fourth-order valence-corrected chi connectivity index (χ4v) is 2.57. The van der Waals surface area contributed by atoms with E-state index in [0.717, 1.165) is 16.2 Å². The Labute approximate surface area is 117 Å². The number of carbonyl (C=O) groups excluding carboxylic acids is 1. The van der Waals surface area contributed by atoms with E-state index in [1.54, 1.807) is 6.20 Å². The molecule has 3 nitrogen and oxygen atoms in total. The number of aryl methyl sites for hydroxylation is 2. The van der Waals surface area contributed by atoms with Crippen LogP contribution < -0.4 is 0 Å². The van der Waals surface area contributed by atoms with Crippen LogP contribution in [0.3, 0.4) is 0 Å². The molecule has 0 aliphatic rings. The molecule has 1 aromatic heterocycles. The summed E-state index contributed by atoms with van der Waals surface area (Å²) < 4.78 is 0. The van der Waals surface area contributed by atoms with Gasteiger partial charge in [0.15, 0.2) is 5.78 Å². The first kappa shape index (κ1) is 13.7. The Kier molecular flexibility index (Phi) is 4.32. The topological polar surface area (TPSA) is 42.9 Å². The van der Waals surface area contributed by atoms with Gasteiger partial charge in [-0.2, -0.15) is 0 Å². The van der Waals surface area contributed by atoms with Gasteiger partial charge in [-0.3, -0.25) is 4.79 Å². The Morgan fingerprint density at radius 2 is 2.00 bits per heavy atom. The van der Waals surface area contributed by atoms with Crippen molar-refractivity contribution < 1.29 is 4.79 Å². The lowest BCUT2D eigenvalue weighted by Gasteiger charge is -2.10. The third kappa shape index (κ3) is 3.41. The molecule has 0 aliphatic carbocycles. The number of aromatic nitrogens is 2. The van der Waals surface area contributed by atoms with E-state index in [9.17, 15) is 4.79 Å². The summed E-state index contributed by atoms with van der Waals surface area (Å²) in [5, 5.41) is 0.664. The summed E-state index contributed by atoms with van der Waals surface area (Å²) in [5.74, 6) is 0.131. The van der Waals surface area contributed by atoms with Crippen molar-refractivity contribution in [1.82, 2.24) is 9.97 Å². The zero-order valence-corrected chi connectivity index (χ0v) is 12.1. The van der Waals surface area contributed by atoms with Gasteiger partial charge in [-0.15, -0.1) is 0 Å². The van der Waals surface area contributed by atoms with Crippen molar-refractivity contribution in [3.05, 3.63) is 53.5 Å². The molecule has 0 saturated carbocycles. The summed E-state index contributed by atoms with van der Waals surface area (Å²) in [7, 11) is 0. The fraction of sp³-hybridized carbons (Fsp3) is 0.267. The van der Waals surface area contributed by atoms with Crippen LogP contribution in [0.2, 0.25) is 0 Å². The van der Waals surface area contributed by atoms with Crippen LogP contribution in [0.25, 0.3) is 0 Å². The highest BCUT2D eigenvalue weighted by molar-refractivity contribution is 8.00. The average molecular weight is 272 g/mol. The average Bonchev–Trinajstić information content (AvgIpc) is 2.42. The minimum Gasteiger partial charge on any atom is -0.293 e. The van der Waals surface area contributed by atoms with Gasteiger partial charge >= 0.3 is 0 Å². The van der Waals surface area contributed by atoms with Crippen LogP contribution in [0.4, 0.5) is 0 Å². The summed E-state index contributed by atoms with van der Waals surface area (Å²) in [6.07, 6.45) is 3.18. The predicted molar refractivity (Wildman–Crippen MR) is 77.6 cm³/mol. The molecule has 2 aromatic rings. The first-order valence-electron chi connectivity index (χ1n) is 6.12. The van der Waals surface area contributed by atoms with Crippen molar-refractivity contribution in [1.29, 1.82) is 0 Å². The van der Waals surface area contributed by atoms with E-state index in [4.69, 9.17) is 0 Å². The van der Waals surface area contributed by atoms with Crippen molar-refractivity contribution in [3.63, 3.8) is 0 Å². The minimum absolute atomic E-state index is 0.131. The third-order valence-electron chi connectivity index (χ3n) is 3.01. The summed E-state index contributed by atoms with van der Waals surface area (Å²) in [6, 6.07) is 7.65. The second-order valence-corrected chi connectivity index (χ2v) is 5.83. The monoisotopic (exact) mass is 272 g/mol. The molecule has 1 heterocycles. The molecule has 0 spiro atoms. The lowest BCUT2D eigenvalue weighted by atomic mass is 10.0. The normalized spacial score (nSPS) is 12.2. The maximum atomic E-state index is 12.3. The Bertz CT molecular complexity index is 584. The van der Waals surface area contributed by atoms with E-state index in [1.165, 1.54) is 23.7 Å². The van der Waals surface area contributed by atoms with Crippen molar-refractivity contribution >= 4 is 17.5 Å². The minimum atomic E-state index is -0.156. The van der Waals surface area contributed by atoms with Crippen molar-refractivity contribution in [2.24, 2.45) is 0 Å². The quantitative estimate of drug-likeness (QED) is 0.485. The molecule has 0 bridgehead atoms. The highest BCUT2D eigenvalue weighted by Gasteiger charge is 2.17. The first-order valence-corrected chi connectivity index (χ1v) is 7.00. The third-order valence-corrected chi connectivity index (χ3v) is 4.06. The van der Waals surface area contributed by atoms with Gasteiger partial charge in [0.25, 0.3) is 0 Å². The summed E-state index contributed by atoms with van der Waals surface area (Å²) in [6.45, 7) is 5.97. The lowest BCUT2D eigenvalue weighted by Crippen LogP contribution is -2.14. The summed E-state index contributed by atoms with van der Waals surface area (Å²) >= 11 is 1.46. The molecule has 1 unspecified atom stereocenters. The molecular weight excluding hydrogens is 256 g/mol. The number of Topliss-reactive ketones (excluding diaryl/α,β-unsaturated/α-hetero) is 1. The van der Waals surface area contributed by atoms with E-state index >= 15 is 0 Å². The van der Waals surface area contributed by atoms with Gasteiger partial charge in [-0.1, -0.05) is 23.9 Å². The Balaban J connectivity index is 2.12. The predicted octanol–water partition coefficient (Wildman–Crippen LogP) is 3.46. The van der Waals surface area contributed by atoms with Crippen molar-refractivity contribution in [2.45, 2.75) is 31.0 Å². The van der Waals surface area contributed by atoms with Crippen LogP contribution in [0.1, 0.15) is 28.4 Å². The smallest absolute Gasteiger partial charge is 0.175 e. The summed E-state index contributed by atoms with van der Waals surface area (Å²) in [4.78, 5) is 20.3. The molecule has 98 valence electrons. The maximum absolute atomic E-state index is 12.3. The van der Waals surface area contributed by atoms with Crippen LogP contribution in [0.15, 0.2) is 41.8 Å². The molecule has 19 heavy (non-hydrogen) atoms. The zero-order valence-electron chi connectivity index (χ0n) is 11.3. The zero-order chi connectivity index (χ0) is 13.8. The van der Waals surface area contributed by atoms with Crippen LogP contribution in [0, 0.1) is 13.8 Å². The van der Waals surface area contributed by atoms with Crippen LogP contribution >= 0.6 is 11.8 Å². The van der Waals surface area contributed by atoms with Gasteiger partial charge in [0.2, 0.25) is 0 Å². The standard InChI is InChI=1S/C15H16N2OS/c1-10-4-5-13(8-11(10)2)15(18)12(3)19-14-6-7-16-9-17-14/h4-9,12H,1-3H3. The van der Waals surface area contributed by atoms with E-state index in [2.05, 4.69) is 9.97 Å². The number of rotatable bonds is 4. The van der Waals surface area contributed by atoms with Gasteiger partial charge in [0.1, 0.15) is 11.4 Å². The number of nitrogens with zero attached hydrogens (tertiary/aromatic N) is 2. The molecule has 1 atom stereocenters. The molecule has 0 radical (unpaired) electrons. The number of benzene rings is 1. The van der Waals surface area contributed by atoms with Gasteiger partial charge in [-0.25, -0.2) is 9.97 Å². The van der Waals surface area contributed by atoms with Crippen LogP contribution in [-0.4, -0.2) is 21.0 Å². The van der Waals surface area contributed by atoms with Crippen molar-refractivity contribution in [2.75, 3.05) is 0 Å². The molecule has 0 saturated heterocycles. The number of carbonyl (C=O) groups is 1. The molecule has 0 N–H and O–H groups in total. The molecule has 1 aromatic carbocycles. The lowest BCUT2D eigenvalue weighted by molar-refractivity contribution is 0.0994. The molecule has 4 heteroatoms. The Morgan fingerprint density at radius 1 is 1.21 bits per heavy atom. The van der Waals surface area contributed by atoms with E-state index in [1.807, 2.05) is 45.0 Å². The number of hydrogen-bond donors (Lipinski definition) is 0. The second-order valence-electron chi connectivity index (χ2n) is 4.47. The number of ketones is 1. The van der Waals surface area contributed by atoms with Crippen LogP contribution in [-0.2, 0) is 0 Å². The van der Waals surface area contributed by atoms with Crippen molar-refractivity contribution in [3.8, 4) is 0 Å². The fourth-order valence-electron chi connectivity index (χ4n) is 1.71. The van der Waals surface area contributed by atoms with E-state index in [-0.39, 0.29) is 11.0 Å². The second kappa shape index (κ2) is 5.97. The van der Waals surface area contributed by atoms with Gasteiger partial charge in [0, 0.05) is 11.8 Å². The molecule has 0 fully saturated rings.